The minimum Gasteiger partial charge on any atom is -0.480 e. The number of hydrogen-bond acceptors (Lipinski definition) is 4. The van der Waals surface area contributed by atoms with Crippen LogP contribution in [0.1, 0.15) is 12.0 Å². The Morgan fingerprint density at radius 3 is 2.52 bits per heavy atom. The van der Waals surface area contributed by atoms with Crippen LogP contribution in [0.5, 0.6) is 0 Å². The van der Waals surface area contributed by atoms with Gasteiger partial charge in [-0.1, -0.05) is 53.7 Å². The van der Waals surface area contributed by atoms with Crippen LogP contribution in [-0.2, 0) is 16.1 Å². The Hall–Kier alpha value is -2.31. The van der Waals surface area contributed by atoms with Crippen LogP contribution in [0.4, 0.5) is 5.69 Å². The number of carboxylic acids is 1. The van der Waals surface area contributed by atoms with Crippen molar-refractivity contribution in [1.29, 1.82) is 0 Å². The van der Waals surface area contributed by atoms with Gasteiger partial charge in [-0.05, 0) is 29.8 Å². The standard InChI is InChI=1S/C18H15ClN2O3S/c19-13-6-8-14(9-7-13)20-18-21(11-12-4-2-1-3-5-12)16(22)10-15(25-18)17(23)24/h1-9,15H,10-11H2,(H,23,24)/t15-/m0/s1. The van der Waals surface area contributed by atoms with E-state index in [1.807, 2.05) is 30.3 Å². The van der Waals surface area contributed by atoms with Crippen LogP contribution >= 0.6 is 23.4 Å². The molecular weight excluding hydrogens is 360 g/mol. The lowest BCUT2D eigenvalue weighted by molar-refractivity contribution is -0.139. The number of carboxylic acid groups (broad SMARTS) is 1. The molecule has 0 aliphatic carbocycles. The van der Waals surface area contributed by atoms with E-state index in [0.717, 1.165) is 17.3 Å². The number of thioether (sulfide) groups is 1. The van der Waals surface area contributed by atoms with Gasteiger partial charge in [0.25, 0.3) is 0 Å². The second-order valence-electron chi connectivity index (χ2n) is 5.49. The van der Waals surface area contributed by atoms with E-state index in [0.29, 0.717) is 22.4 Å². The number of nitrogens with zero attached hydrogens (tertiary/aromatic N) is 2. The average Bonchev–Trinajstić information content (AvgIpc) is 2.60. The molecular formula is C18H15ClN2O3S. The molecule has 1 N–H and O–H groups in total. The van der Waals surface area contributed by atoms with E-state index in [1.165, 1.54) is 4.90 Å². The first-order valence-electron chi connectivity index (χ1n) is 7.61. The molecule has 0 radical (unpaired) electrons. The summed E-state index contributed by atoms with van der Waals surface area (Å²) >= 11 is 6.97. The van der Waals surface area contributed by atoms with Gasteiger partial charge in [0.05, 0.1) is 18.7 Å². The van der Waals surface area contributed by atoms with Crippen LogP contribution in [0.15, 0.2) is 59.6 Å². The summed E-state index contributed by atoms with van der Waals surface area (Å²) in [5.41, 5.74) is 1.57. The zero-order chi connectivity index (χ0) is 17.8. The van der Waals surface area contributed by atoms with E-state index in [1.54, 1.807) is 24.3 Å². The lowest BCUT2D eigenvalue weighted by atomic mass is 10.2. The summed E-state index contributed by atoms with van der Waals surface area (Å²) in [6, 6.07) is 16.4. The highest BCUT2D eigenvalue weighted by Crippen LogP contribution is 2.30. The van der Waals surface area contributed by atoms with E-state index in [4.69, 9.17) is 11.6 Å². The SMILES string of the molecule is O=C(O)[C@@H]1CC(=O)N(Cc2ccccc2)C(=Nc2ccc(Cl)cc2)S1. The highest BCUT2D eigenvalue weighted by atomic mass is 35.5. The smallest absolute Gasteiger partial charge is 0.317 e. The van der Waals surface area contributed by atoms with Crippen molar-refractivity contribution < 1.29 is 14.7 Å². The first-order valence-corrected chi connectivity index (χ1v) is 8.87. The number of amides is 1. The fraction of sp³-hybridized carbons (Fsp3) is 0.167. The largest absolute Gasteiger partial charge is 0.480 e. The quantitative estimate of drug-likeness (QED) is 0.879. The Kier molecular flexibility index (Phi) is 5.40. The van der Waals surface area contributed by atoms with Gasteiger partial charge in [-0.2, -0.15) is 0 Å². The molecule has 1 amide bonds. The van der Waals surface area contributed by atoms with Gasteiger partial charge in [0, 0.05) is 5.02 Å². The Balaban J connectivity index is 1.93. The first-order chi connectivity index (χ1) is 12.0. The molecule has 0 aromatic heterocycles. The van der Waals surface area contributed by atoms with Crippen LogP contribution in [0.2, 0.25) is 5.02 Å². The predicted octanol–water partition coefficient (Wildman–Crippen LogP) is 3.95. The zero-order valence-corrected chi connectivity index (χ0v) is 14.7. The maximum Gasteiger partial charge on any atom is 0.317 e. The Bertz CT molecular complexity index is 809. The molecule has 3 rings (SSSR count). The number of carbonyl (C=O) groups excluding carboxylic acids is 1. The van der Waals surface area contributed by atoms with Gasteiger partial charge in [0.1, 0.15) is 5.25 Å². The molecule has 128 valence electrons. The minimum absolute atomic E-state index is 0.0491. The topological polar surface area (TPSA) is 70.0 Å². The number of amidine groups is 1. The summed E-state index contributed by atoms with van der Waals surface area (Å²) in [7, 11) is 0. The van der Waals surface area contributed by atoms with Gasteiger partial charge >= 0.3 is 5.97 Å². The van der Waals surface area contributed by atoms with E-state index in [9.17, 15) is 14.7 Å². The molecule has 1 fully saturated rings. The predicted molar refractivity (Wildman–Crippen MR) is 99.2 cm³/mol. The molecule has 2 aromatic carbocycles. The van der Waals surface area contributed by atoms with Crippen molar-refractivity contribution in [3.63, 3.8) is 0 Å². The monoisotopic (exact) mass is 374 g/mol. The highest BCUT2D eigenvalue weighted by molar-refractivity contribution is 8.15. The summed E-state index contributed by atoms with van der Waals surface area (Å²) in [4.78, 5) is 29.9. The van der Waals surface area contributed by atoms with Gasteiger partial charge < -0.3 is 5.11 Å². The van der Waals surface area contributed by atoms with E-state index in [-0.39, 0.29) is 12.3 Å². The Morgan fingerprint density at radius 1 is 1.20 bits per heavy atom. The van der Waals surface area contributed by atoms with E-state index in [2.05, 4.69) is 4.99 Å². The molecule has 1 aliphatic rings. The molecule has 0 spiro atoms. The van der Waals surface area contributed by atoms with Gasteiger partial charge in [0.15, 0.2) is 5.17 Å². The summed E-state index contributed by atoms with van der Waals surface area (Å²) in [6.45, 7) is 0.353. The summed E-state index contributed by atoms with van der Waals surface area (Å²) in [5.74, 6) is -1.26. The van der Waals surface area contributed by atoms with Crippen LogP contribution in [0.3, 0.4) is 0 Å². The average molecular weight is 375 g/mol. The molecule has 1 saturated heterocycles. The van der Waals surface area contributed by atoms with E-state index < -0.39 is 11.2 Å². The zero-order valence-electron chi connectivity index (χ0n) is 13.1. The maximum absolute atomic E-state index is 12.5. The van der Waals surface area contributed by atoms with Crippen LogP contribution in [0, 0.1) is 0 Å². The lowest BCUT2D eigenvalue weighted by Gasteiger charge is -2.30. The number of rotatable bonds is 4. The summed E-state index contributed by atoms with van der Waals surface area (Å²) in [5, 5.41) is 9.43. The van der Waals surface area contributed by atoms with Gasteiger partial charge in [-0.3, -0.25) is 14.5 Å². The fourth-order valence-electron chi connectivity index (χ4n) is 2.38. The van der Waals surface area contributed by atoms with Crippen molar-refractivity contribution in [3.05, 3.63) is 65.2 Å². The fourth-order valence-corrected chi connectivity index (χ4v) is 3.54. The van der Waals surface area contributed by atoms with Crippen molar-refractivity contribution in [2.75, 3.05) is 0 Å². The molecule has 2 aromatic rings. The van der Waals surface area contributed by atoms with Gasteiger partial charge in [-0.25, -0.2) is 4.99 Å². The lowest BCUT2D eigenvalue weighted by Crippen LogP contribution is -2.43. The first kappa shape index (κ1) is 17.5. The van der Waals surface area contributed by atoms with Crippen molar-refractivity contribution in [2.24, 2.45) is 4.99 Å². The molecule has 1 aliphatic heterocycles. The molecule has 25 heavy (non-hydrogen) atoms. The second-order valence-corrected chi connectivity index (χ2v) is 7.09. The number of aliphatic carboxylic acids is 1. The molecule has 1 heterocycles. The van der Waals surface area contributed by atoms with Gasteiger partial charge in [-0.15, -0.1) is 0 Å². The second kappa shape index (κ2) is 7.72. The van der Waals surface area contributed by atoms with Crippen LogP contribution in [-0.4, -0.2) is 32.3 Å². The highest BCUT2D eigenvalue weighted by Gasteiger charge is 2.35. The number of benzene rings is 2. The minimum atomic E-state index is -1.01. The van der Waals surface area contributed by atoms with Crippen molar-refractivity contribution >= 4 is 46.1 Å². The number of halogens is 1. The summed E-state index contributed by atoms with van der Waals surface area (Å²) in [6.07, 6.45) is -0.0491. The van der Waals surface area contributed by atoms with Crippen LogP contribution < -0.4 is 0 Å². The maximum atomic E-state index is 12.5. The van der Waals surface area contributed by atoms with Crippen molar-refractivity contribution in [3.8, 4) is 0 Å². The summed E-state index contributed by atoms with van der Waals surface area (Å²) < 4.78 is 0. The molecule has 0 unspecified atom stereocenters. The normalized spacial score (nSPS) is 19.2. The molecule has 0 saturated carbocycles. The van der Waals surface area contributed by atoms with Crippen LogP contribution in [0.25, 0.3) is 0 Å². The molecule has 5 nitrogen and oxygen atoms in total. The number of carbonyl (C=O) groups is 2. The number of hydrogen-bond donors (Lipinski definition) is 1. The van der Waals surface area contributed by atoms with Crippen molar-refractivity contribution in [1.82, 2.24) is 4.90 Å². The Labute approximate surface area is 154 Å². The Morgan fingerprint density at radius 2 is 1.88 bits per heavy atom. The van der Waals surface area contributed by atoms with E-state index >= 15 is 0 Å². The molecule has 1 atom stereocenters. The van der Waals surface area contributed by atoms with Crippen molar-refractivity contribution in [2.45, 2.75) is 18.2 Å². The van der Waals surface area contributed by atoms with Gasteiger partial charge in [0.2, 0.25) is 5.91 Å². The third-order valence-electron chi connectivity index (χ3n) is 3.65. The molecule has 7 heteroatoms. The number of aliphatic imine (C=N–C) groups is 1. The third kappa shape index (κ3) is 4.41. The third-order valence-corrected chi connectivity index (χ3v) is 5.08. The molecule has 0 bridgehead atoms.